The molecule has 0 aromatic carbocycles. The molecule has 2 heteroatoms. The number of hydrogen-bond donors (Lipinski definition) is 0. The van der Waals surface area contributed by atoms with Crippen LogP contribution in [0.4, 0.5) is 0 Å². The van der Waals surface area contributed by atoms with Crippen molar-refractivity contribution in [3.8, 4) is 0 Å². The molecule has 0 radical (unpaired) electrons. The van der Waals surface area contributed by atoms with E-state index in [1.807, 2.05) is 0 Å². The number of rotatable bonds is 3. The molecule has 0 fully saturated rings. The summed E-state index contributed by atoms with van der Waals surface area (Å²) in [4.78, 5) is 0. The first kappa shape index (κ1) is 10.7. The summed E-state index contributed by atoms with van der Waals surface area (Å²) in [6, 6.07) is 0. The van der Waals surface area contributed by atoms with Gasteiger partial charge in [-0.3, -0.25) is 0 Å². The van der Waals surface area contributed by atoms with Crippen molar-refractivity contribution in [1.29, 1.82) is 0 Å². The van der Waals surface area contributed by atoms with E-state index in [2.05, 4.69) is 22.4 Å². The number of hydrogen-bond acceptors (Lipinski definition) is 0. The molecule has 0 rings (SSSR count). The molecular formula is C5H11ClNi. The van der Waals surface area contributed by atoms with E-state index in [1.165, 1.54) is 19.3 Å². The molecule has 0 aliphatic rings. The minimum atomic E-state index is 0. The third-order valence-corrected chi connectivity index (χ3v) is 1.06. The zero-order chi connectivity index (χ0) is 4.83. The predicted molar refractivity (Wildman–Crippen MR) is 24.3 cm³/mol. The maximum atomic E-state index is 4.47. The molecule has 0 atom stereocenters. The largest absolute Gasteiger partial charge is 1.00 e. The van der Waals surface area contributed by atoms with Crippen LogP contribution in [-0.2, 0) is 15.5 Å². The van der Waals surface area contributed by atoms with Crippen LogP contribution in [0.2, 0.25) is 5.39 Å². The van der Waals surface area contributed by atoms with Gasteiger partial charge in [-0.2, -0.15) is 0 Å². The average molecular weight is 165 g/mol. The SMILES string of the molecule is CCCC[CH2][Ni+].[Cl-]. The van der Waals surface area contributed by atoms with Crippen molar-refractivity contribution in [3.63, 3.8) is 0 Å². The van der Waals surface area contributed by atoms with E-state index in [-0.39, 0.29) is 12.4 Å². The molecule has 0 aromatic heterocycles. The zero-order valence-corrected chi connectivity index (χ0v) is 6.27. The summed E-state index contributed by atoms with van der Waals surface area (Å²) < 4.78 is 0. The summed E-state index contributed by atoms with van der Waals surface area (Å²) in [6.07, 6.45) is 3.86. The third-order valence-electron chi connectivity index (χ3n) is 0.715. The van der Waals surface area contributed by atoms with Crippen molar-refractivity contribution in [2.24, 2.45) is 0 Å². The maximum Gasteiger partial charge on any atom is -1.00 e. The van der Waals surface area contributed by atoms with Gasteiger partial charge in [-0.25, -0.2) is 0 Å². The fraction of sp³-hybridized carbons (Fsp3) is 1.00. The van der Waals surface area contributed by atoms with Crippen molar-refractivity contribution in [2.75, 3.05) is 0 Å². The topological polar surface area (TPSA) is 0 Å². The van der Waals surface area contributed by atoms with E-state index in [9.17, 15) is 0 Å². The monoisotopic (exact) mass is 164 g/mol. The smallest absolute Gasteiger partial charge is 1.00 e. The molecule has 0 spiro atoms. The van der Waals surface area contributed by atoms with Crippen molar-refractivity contribution in [1.82, 2.24) is 0 Å². The van der Waals surface area contributed by atoms with Crippen LogP contribution < -0.4 is 12.4 Å². The second kappa shape index (κ2) is 9.92. The zero-order valence-electron chi connectivity index (χ0n) is 4.52. The second-order valence-corrected chi connectivity index (χ2v) is 1.86. The Kier molecular flexibility index (Phi) is 15.2. The third kappa shape index (κ3) is 10.8. The fourth-order valence-electron chi connectivity index (χ4n) is 0.329. The van der Waals surface area contributed by atoms with E-state index >= 15 is 0 Å². The molecule has 0 N–H and O–H groups in total. The molecule has 0 saturated carbocycles. The van der Waals surface area contributed by atoms with Crippen LogP contribution in [0.3, 0.4) is 0 Å². The molecule has 48 valence electrons. The van der Waals surface area contributed by atoms with E-state index in [4.69, 9.17) is 0 Å². The van der Waals surface area contributed by atoms with Crippen LogP contribution in [0.25, 0.3) is 0 Å². The fourth-order valence-corrected chi connectivity index (χ4v) is 0.576. The van der Waals surface area contributed by atoms with Crippen LogP contribution in [0.1, 0.15) is 26.2 Å². The van der Waals surface area contributed by atoms with Crippen LogP contribution in [0.15, 0.2) is 0 Å². The normalized spacial score (nSPS) is 7.86. The van der Waals surface area contributed by atoms with Gasteiger partial charge in [-0.1, -0.05) is 0 Å². The van der Waals surface area contributed by atoms with Gasteiger partial charge in [0.05, 0.1) is 0 Å². The standard InChI is InChI=1S/C5H11.ClH.Ni/c1-3-5-4-2;;/h1,3-5H2,2H3;1H;/q;;+1/p-1. The Morgan fingerprint density at radius 3 is 2.00 bits per heavy atom. The molecule has 0 aliphatic heterocycles. The van der Waals surface area contributed by atoms with Crippen molar-refractivity contribution in [3.05, 3.63) is 0 Å². The van der Waals surface area contributed by atoms with Gasteiger partial charge in [-0.05, 0) is 0 Å². The molecule has 0 bridgehead atoms. The Labute approximate surface area is 59.8 Å². The minimum Gasteiger partial charge on any atom is -1.00 e. The van der Waals surface area contributed by atoms with E-state index in [0.29, 0.717) is 0 Å². The molecule has 0 heterocycles. The molecule has 0 aliphatic carbocycles. The summed E-state index contributed by atoms with van der Waals surface area (Å²) in [5.74, 6) is 0. The quantitative estimate of drug-likeness (QED) is 0.377. The van der Waals surface area contributed by atoms with Gasteiger partial charge in [0.25, 0.3) is 0 Å². The first-order chi connectivity index (χ1) is 2.91. The first-order valence-corrected chi connectivity index (χ1v) is 3.13. The van der Waals surface area contributed by atoms with E-state index in [1.54, 1.807) is 0 Å². The Morgan fingerprint density at radius 2 is 1.86 bits per heavy atom. The maximum absolute atomic E-state index is 4.47. The molecular weight excluding hydrogens is 154 g/mol. The molecule has 0 aromatic rings. The summed E-state index contributed by atoms with van der Waals surface area (Å²) >= 11 is 4.47. The second-order valence-electron chi connectivity index (χ2n) is 1.37. The van der Waals surface area contributed by atoms with Crippen LogP contribution >= 0.6 is 0 Å². The first-order valence-electron chi connectivity index (χ1n) is 2.43. The average Bonchev–Trinajstić information content (AvgIpc) is 1.61. The minimum absolute atomic E-state index is 0. The van der Waals surface area contributed by atoms with E-state index < -0.39 is 0 Å². The number of unbranched alkanes of at least 4 members (excludes halogenated alkanes) is 2. The van der Waals surface area contributed by atoms with Crippen LogP contribution in [0.5, 0.6) is 0 Å². The van der Waals surface area contributed by atoms with Crippen LogP contribution in [0, 0.1) is 0 Å². The Bertz CT molecular complexity index is 20.0. The predicted octanol–water partition coefficient (Wildman–Crippen LogP) is -0.854. The summed E-state index contributed by atoms with van der Waals surface area (Å²) in [5, 5.41) is 0.980. The molecule has 0 unspecified atom stereocenters. The van der Waals surface area contributed by atoms with Gasteiger partial charge in [-0.15, -0.1) is 0 Å². The summed E-state index contributed by atoms with van der Waals surface area (Å²) in [6.45, 7) is 2.19. The molecule has 0 nitrogen and oxygen atoms in total. The van der Waals surface area contributed by atoms with Gasteiger partial charge in [0.2, 0.25) is 0 Å². The van der Waals surface area contributed by atoms with Crippen molar-refractivity contribution >= 4 is 0 Å². The van der Waals surface area contributed by atoms with Crippen LogP contribution in [-0.4, -0.2) is 0 Å². The van der Waals surface area contributed by atoms with Crippen molar-refractivity contribution in [2.45, 2.75) is 31.6 Å². The molecule has 7 heavy (non-hydrogen) atoms. The van der Waals surface area contributed by atoms with E-state index in [0.717, 1.165) is 5.39 Å². The molecule has 0 amide bonds. The Balaban J connectivity index is 0. The number of halogens is 1. The van der Waals surface area contributed by atoms with Gasteiger partial charge >= 0.3 is 47.0 Å². The summed E-state index contributed by atoms with van der Waals surface area (Å²) in [7, 11) is 0. The summed E-state index contributed by atoms with van der Waals surface area (Å²) in [5.41, 5.74) is 0. The van der Waals surface area contributed by atoms with Gasteiger partial charge in [0.15, 0.2) is 0 Å². The Hall–Kier alpha value is 0.784. The van der Waals surface area contributed by atoms with Gasteiger partial charge in [0.1, 0.15) is 0 Å². The van der Waals surface area contributed by atoms with Gasteiger partial charge in [0, 0.05) is 0 Å². The van der Waals surface area contributed by atoms with Crippen molar-refractivity contribution < 1.29 is 27.9 Å². The van der Waals surface area contributed by atoms with Gasteiger partial charge < -0.3 is 12.4 Å². The molecule has 0 saturated heterocycles. The Morgan fingerprint density at radius 1 is 1.29 bits per heavy atom.